The fraction of sp³-hybridized carbons (Fsp3) is 0.744. The Morgan fingerprint density at radius 1 is 0.597 bits per heavy atom. The zero-order chi connectivity index (χ0) is 46.8. The summed E-state index contributed by atoms with van der Waals surface area (Å²) in [6.45, 7) is 9.73. The molecular formula is C43H71F5N4O9S. The molecule has 0 fully saturated rings. The van der Waals surface area contributed by atoms with E-state index in [0.717, 1.165) is 38.6 Å². The Morgan fingerprint density at radius 3 is 1.52 bits per heavy atom. The molecule has 0 aliphatic carbocycles. The molecule has 1 aromatic carbocycles. The number of carbonyl (C=O) groups is 5. The van der Waals surface area contributed by atoms with E-state index in [1.54, 1.807) is 13.8 Å². The molecule has 13 nitrogen and oxygen atoms in total. The number of halogens is 5. The Hall–Kier alpha value is -3.39. The number of nitrogens with one attached hydrogen (secondary N) is 3. The maximum atomic E-state index is 13.7. The summed E-state index contributed by atoms with van der Waals surface area (Å²) in [6, 6.07) is 0. The number of Topliss-reactive ketones (excluding diaryl/α,β-unsaturated/α-hetero) is 1. The van der Waals surface area contributed by atoms with Crippen LogP contribution in [0.4, 0.5) is 22.0 Å². The average molecular weight is 915 g/mol. The molecule has 0 aliphatic rings. The van der Waals surface area contributed by atoms with Crippen LogP contribution in [0, 0.1) is 35.0 Å². The van der Waals surface area contributed by atoms with Crippen molar-refractivity contribution in [3.05, 3.63) is 29.1 Å². The van der Waals surface area contributed by atoms with Crippen LogP contribution in [0.25, 0.3) is 0 Å². The molecular weight excluding hydrogens is 844 g/mol. The fourth-order valence-corrected chi connectivity index (χ4v) is 5.84. The van der Waals surface area contributed by atoms with E-state index in [9.17, 15) is 45.9 Å². The summed E-state index contributed by atoms with van der Waals surface area (Å²) in [6.07, 6.45) is 8.73. The molecule has 0 aliphatic heterocycles. The van der Waals surface area contributed by atoms with Crippen molar-refractivity contribution < 1.29 is 64.9 Å². The molecule has 358 valence electrons. The lowest BCUT2D eigenvalue weighted by Gasteiger charge is -2.35. The Kier molecular flexibility index (Phi) is 34.0. The number of hydrogen-bond acceptors (Lipinski definition) is 11. The highest BCUT2D eigenvalue weighted by atomic mass is 32.1. The number of esters is 1. The van der Waals surface area contributed by atoms with Crippen LogP contribution in [0.15, 0.2) is 0 Å². The molecule has 1 unspecified atom stereocenters. The zero-order valence-corrected chi connectivity index (χ0v) is 37.9. The molecule has 0 aromatic heterocycles. The van der Waals surface area contributed by atoms with Crippen LogP contribution in [0.2, 0.25) is 0 Å². The van der Waals surface area contributed by atoms with Gasteiger partial charge in [0.25, 0.3) is 0 Å². The van der Waals surface area contributed by atoms with Crippen LogP contribution in [0.5, 0.6) is 5.75 Å². The van der Waals surface area contributed by atoms with Crippen molar-refractivity contribution in [2.75, 3.05) is 65.0 Å². The van der Waals surface area contributed by atoms with Gasteiger partial charge in [-0.15, -0.1) is 0 Å². The molecule has 5 N–H and O–H groups in total. The molecule has 0 saturated carbocycles. The van der Waals surface area contributed by atoms with Crippen molar-refractivity contribution in [1.29, 1.82) is 0 Å². The molecule has 0 saturated heterocycles. The maximum Gasteiger partial charge on any atom is 0.313 e. The molecule has 0 radical (unpaired) electrons. The largest absolute Gasteiger partial charge is 0.420 e. The van der Waals surface area contributed by atoms with Crippen LogP contribution in [0.1, 0.15) is 130 Å². The topological polar surface area (TPSA) is 184 Å². The van der Waals surface area contributed by atoms with Crippen molar-refractivity contribution in [3.63, 3.8) is 0 Å². The van der Waals surface area contributed by atoms with Crippen LogP contribution >= 0.6 is 12.6 Å². The number of ketones is 1. The molecule has 19 heteroatoms. The summed E-state index contributed by atoms with van der Waals surface area (Å²) in [7, 11) is 0. The standard InChI is InChI=1S/C38H58F5N3O9S.C5H13N/c1-4-5-6-17-44-28(48)10-15-38(14-9-27(47)26(2)3,16-11-29(49)45-18-7-8-25-56)46-30(50)12-19-52-21-23-54-24-22-53-20-13-31(51)55-37-35(42)33(40)32(39)34(41)36(37)43;1-2-3-4-5-6/h26,56H,4-25H2,1-3H3,(H,44,48)(H,45,49)(H,46,50);2-6H2,1H3. The minimum absolute atomic E-state index is 0.00551. The monoisotopic (exact) mass is 914 g/mol. The predicted octanol–water partition coefficient (Wildman–Crippen LogP) is 6.81. The van der Waals surface area contributed by atoms with Crippen LogP contribution in [0.3, 0.4) is 0 Å². The maximum absolute atomic E-state index is 13.7. The summed E-state index contributed by atoms with van der Waals surface area (Å²) >= 11 is 4.19. The van der Waals surface area contributed by atoms with Crippen molar-refractivity contribution in [3.8, 4) is 5.75 Å². The molecule has 0 heterocycles. The Balaban J connectivity index is 0.00000575. The highest BCUT2D eigenvalue weighted by molar-refractivity contribution is 7.80. The van der Waals surface area contributed by atoms with Crippen LogP contribution in [-0.2, 0) is 38.2 Å². The molecule has 1 atom stereocenters. The number of rotatable bonds is 35. The minimum atomic E-state index is -2.37. The fourth-order valence-electron chi connectivity index (χ4n) is 5.62. The van der Waals surface area contributed by atoms with Gasteiger partial charge in [-0.1, -0.05) is 53.4 Å². The molecule has 1 aromatic rings. The predicted molar refractivity (Wildman–Crippen MR) is 229 cm³/mol. The average Bonchev–Trinajstić information content (AvgIpc) is 3.25. The number of unbranched alkanes of at least 4 members (excludes halogenated alkanes) is 5. The van der Waals surface area contributed by atoms with Crippen molar-refractivity contribution in [2.45, 2.75) is 136 Å². The van der Waals surface area contributed by atoms with Crippen molar-refractivity contribution in [2.24, 2.45) is 11.7 Å². The second-order valence-electron chi connectivity index (χ2n) is 15.0. The highest BCUT2D eigenvalue weighted by Crippen LogP contribution is 2.30. The molecule has 3 amide bonds. The van der Waals surface area contributed by atoms with E-state index < -0.39 is 52.8 Å². The number of amides is 3. The third-order valence-corrected chi connectivity index (χ3v) is 9.75. The van der Waals surface area contributed by atoms with E-state index in [1.807, 2.05) is 0 Å². The van der Waals surface area contributed by atoms with E-state index in [2.05, 4.69) is 47.2 Å². The number of thiol groups is 1. The van der Waals surface area contributed by atoms with Gasteiger partial charge in [0.05, 0.1) is 46.1 Å². The third-order valence-electron chi connectivity index (χ3n) is 9.43. The molecule has 1 rings (SSSR count). The van der Waals surface area contributed by atoms with E-state index in [-0.39, 0.29) is 114 Å². The quantitative estimate of drug-likeness (QED) is 0.00923. The summed E-state index contributed by atoms with van der Waals surface area (Å²) < 4.78 is 87.4. The van der Waals surface area contributed by atoms with Gasteiger partial charge in [0.1, 0.15) is 5.78 Å². The van der Waals surface area contributed by atoms with Crippen LogP contribution < -0.4 is 26.4 Å². The smallest absolute Gasteiger partial charge is 0.313 e. The third kappa shape index (κ3) is 26.9. The molecule has 0 bridgehead atoms. The summed E-state index contributed by atoms with van der Waals surface area (Å²) in [5.41, 5.74) is 4.22. The number of carbonyl (C=O) groups excluding carboxylic acids is 5. The first-order chi connectivity index (χ1) is 29.6. The number of ether oxygens (including phenoxy) is 4. The van der Waals surface area contributed by atoms with Crippen molar-refractivity contribution >= 4 is 42.1 Å². The Bertz CT molecular complexity index is 1400. The van der Waals surface area contributed by atoms with E-state index >= 15 is 0 Å². The van der Waals surface area contributed by atoms with E-state index in [1.165, 1.54) is 19.3 Å². The SMILES string of the molecule is CCCCCN.CCCCCNC(=O)CCC(CCC(=O)NCCCCS)(CCC(=O)C(C)C)NC(=O)CCOCCOCCOCCC(=O)Oc1c(F)c(F)c(F)c(F)c1F. The summed E-state index contributed by atoms with van der Waals surface area (Å²) in [5, 5.41) is 8.83. The Morgan fingerprint density at radius 2 is 1.05 bits per heavy atom. The van der Waals surface area contributed by atoms with Crippen molar-refractivity contribution in [1.82, 2.24) is 16.0 Å². The van der Waals surface area contributed by atoms with Gasteiger partial charge < -0.3 is 40.6 Å². The zero-order valence-electron chi connectivity index (χ0n) is 37.1. The Labute approximate surface area is 369 Å². The molecule has 62 heavy (non-hydrogen) atoms. The van der Waals surface area contributed by atoms with Crippen LogP contribution in [-0.4, -0.2) is 100 Å². The van der Waals surface area contributed by atoms with Gasteiger partial charge in [-0.25, -0.2) is 13.2 Å². The van der Waals surface area contributed by atoms with E-state index in [0.29, 0.717) is 18.8 Å². The first-order valence-electron chi connectivity index (χ1n) is 21.7. The highest BCUT2D eigenvalue weighted by Gasteiger charge is 2.34. The normalized spacial score (nSPS) is 12.0. The van der Waals surface area contributed by atoms with Gasteiger partial charge in [0.15, 0.2) is 0 Å². The van der Waals surface area contributed by atoms with E-state index in [4.69, 9.17) is 19.9 Å². The number of nitrogens with two attached hydrogens (primary N) is 1. The van der Waals surface area contributed by atoms with Gasteiger partial charge in [-0.2, -0.15) is 21.4 Å². The van der Waals surface area contributed by atoms with Gasteiger partial charge in [0.2, 0.25) is 52.6 Å². The number of benzene rings is 1. The lowest BCUT2D eigenvalue weighted by atomic mass is 9.81. The second kappa shape index (κ2) is 36.0. The van der Waals surface area contributed by atoms with Gasteiger partial charge in [-0.05, 0) is 57.2 Å². The van der Waals surface area contributed by atoms with Gasteiger partial charge >= 0.3 is 5.97 Å². The lowest BCUT2D eigenvalue weighted by Crippen LogP contribution is -2.50. The van der Waals surface area contributed by atoms with Gasteiger partial charge in [-0.3, -0.25) is 24.0 Å². The summed E-state index contributed by atoms with van der Waals surface area (Å²) in [5.74, 6) is -14.6. The number of hydrogen-bond donors (Lipinski definition) is 5. The minimum Gasteiger partial charge on any atom is -0.420 e. The summed E-state index contributed by atoms with van der Waals surface area (Å²) in [4.78, 5) is 63.2. The van der Waals surface area contributed by atoms with Gasteiger partial charge in [0, 0.05) is 50.2 Å². The first-order valence-corrected chi connectivity index (χ1v) is 22.4. The first kappa shape index (κ1) is 58.6. The lowest BCUT2D eigenvalue weighted by molar-refractivity contribution is -0.136. The molecule has 0 spiro atoms. The second-order valence-corrected chi connectivity index (χ2v) is 15.4.